The van der Waals surface area contributed by atoms with Crippen molar-refractivity contribution >= 4 is 15.7 Å². The van der Waals surface area contributed by atoms with Crippen LogP contribution in [-0.4, -0.2) is 52.5 Å². The van der Waals surface area contributed by atoms with E-state index in [4.69, 9.17) is 9.47 Å². The first-order valence-corrected chi connectivity index (χ1v) is 9.33. The molecular weight excluding hydrogens is 330 g/mol. The van der Waals surface area contributed by atoms with Crippen LogP contribution in [0.15, 0.2) is 29.2 Å². The molecule has 0 bridgehead atoms. The number of benzene rings is 1. The highest BCUT2D eigenvalue weighted by molar-refractivity contribution is 7.92. The maximum atomic E-state index is 12.1. The third kappa shape index (κ3) is 5.58. The van der Waals surface area contributed by atoms with Gasteiger partial charge >= 0.3 is 0 Å². The molecular formula is C17H27NO5S. The smallest absolute Gasteiger partial charge is 0.224 e. The molecule has 0 saturated heterocycles. The van der Waals surface area contributed by atoms with Gasteiger partial charge in [0.2, 0.25) is 5.91 Å². The minimum atomic E-state index is -3.29. The molecule has 0 fully saturated rings. The summed E-state index contributed by atoms with van der Waals surface area (Å²) in [7, 11) is -0.149. The fourth-order valence-electron chi connectivity index (χ4n) is 2.09. The third-order valence-corrected chi connectivity index (χ3v) is 6.01. The van der Waals surface area contributed by atoms with Crippen molar-refractivity contribution in [2.45, 2.75) is 42.9 Å². The average Bonchev–Trinajstić information content (AvgIpc) is 2.53. The number of carbonyl (C=O) groups is 1. The molecule has 1 N–H and O–H groups in total. The highest BCUT2D eigenvalue weighted by Gasteiger charge is 2.24. The normalized spacial score (nSPS) is 14.4. The summed E-state index contributed by atoms with van der Waals surface area (Å²) in [6, 6.07) is 6.42. The summed E-state index contributed by atoms with van der Waals surface area (Å²) in [6.07, 6.45) is 0.175. The molecule has 0 aliphatic heterocycles. The van der Waals surface area contributed by atoms with Gasteiger partial charge in [0.25, 0.3) is 0 Å². The van der Waals surface area contributed by atoms with E-state index in [1.54, 1.807) is 52.3 Å². The number of hydrogen-bond donors (Lipinski definition) is 1. The van der Waals surface area contributed by atoms with Crippen molar-refractivity contribution in [2.75, 3.05) is 27.4 Å². The van der Waals surface area contributed by atoms with Crippen LogP contribution in [0.5, 0.6) is 0 Å². The number of carbonyl (C=O) groups excluding carboxylic acids is 1. The van der Waals surface area contributed by atoms with Gasteiger partial charge in [-0.15, -0.1) is 0 Å². The number of hydrogen-bond acceptors (Lipinski definition) is 5. The van der Waals surface area contributed by atoms with Crippen molar-refractivity contribution in [3.63, 3.8) is 0 Å². The van der Waals surface area contributed by atoms with E-state index >= 15 is 0 Å². The zero-order chi connectivity index (χ0) is 18.4. The van der Waals surface area contributed by atoms with E-state index in [2.05, 4.69) is 5.32 Å². The van der Waals surface area contributed by atoms with Crippen LogP contribution in [0.2, 0.25) is 0 Å². The number of methoxy groups -OCH3 is 2. The summed E-state index contributed by atoms with van der Waals surface area (Å²) < 4.78 is 34.6. The Morgan fingerprint density at radius 3 is 2.25 bits per heavy atom. The SMILES string of the molecule is COC[C@@](C)(CNC(=O)Cc1ccc(S(=O)(=O)C(C)C)cc1)OC. The van der Waals surface area contributed by atoms with Crippen molar-refractivity contribution in [3.8, 4) is 0 Å². The van der Waals surface area contributed by atoms with E-state index < -0.39 is 20.7 Å². The van der Waals surface area contributed by atoms with Gasteiger partial charge < -0.3 is 14.8 Å². The van der Waals surface area contributed by atoms with Crippen molar-refractivity contribution in [1.29, 1.82) is 0 Å². The van der Waals surface area contributed by atoms with Gasteiger partial charge in [-0.05, 0) is 38.5 Å². The fourth-order valence-corrected chi connectivity index (χ4v) is 3.15. The fraction of sp³-hybridized carbons (Fsp3) is 0.588. The zero-order valence-corrected chi connectivity index (χ0v) is 15.8. The predicted octanol–water partition coefficient (Wildman–Crippen LogP) is 1.58. The summed E-state index contributed by atoms with van der Waals surface area (Å²) in [4.78, 5) is 12.3. The Labute approximate surface area is 144 Å². The number of nitrogens with one attached hydrogen (secondary N) is 1. The van der Waals surface area contributed by atoms with Crippen LogP contribution in [0.1, 0.15) is 26.3 Å². The van der Waals surface area contributed by atoms with Crippen LogP contribution >= 0.6 is 0 Å². The Kier molecular flexibility index (Phi) is 7.38. The molecule has 1 amide bonds. The summed E-state index contributed by atoms with van der Waals surface area (Å²) in [5, 5.41) is 2.34. The lowest BCUT2D eigenvalue weighted by Crippen LogP contribution is -2.45. The zero-order valence-electron chi connectivity index (χ0n) is 15.0. The molecule has 6 nitrogen and oxygen atoms in total. The van der Waals surface area contributed by atoms with Crippen LogP contribution in [0.3, 0.4) is 0 Å². The van der Waals surface area contributed by atoms with E-state index in [-0.39, 0.29) is 17.2 Å². The van der Waals surface area contributed by atoms with Gasteiger partial charge in [0.05, 0.1) is 23.2 Å². The average molecular weight is 357 g/mol. The van der Waals surface area contributed by atoms with Crippen molar-refractivity contribution in [3.05, 3.63) is 29.8 Å². The van der Waals surface area contributed by atoms with Crippen LogP contribution < -0.4 is 5.32 Å². The molecule has 0 saturated carbocycles. The first kappa shape index (κ1) is 20.6. The van der Waals surface area contributed by atoms with E-state index in [1.807, 2.05) is 6.92 Å². The standard InChI is InChI=1S/C17H27NO5S/c1-13(2)24(20,21)15-8-6-14(7-9-15)10-16(19)18-11-17(3,23-5)12-22-4/h6-9,13H,10-12H2,1-5H3,(H,18,19)/t17-/m1/s1. The van der Waals surface area contributed by atoms with Gasteiger partial charge in [-0.3, -0.25) is 4.79 Å². The molecule has 0 unspecified atom stereocenters. The maximum Gasteiger partial charge on any atom is 0.224 e. The lowest BCUT2D eigenvalue weighted by Gasteiger charge is -2.27. The predicted molar refractivity (Wildman–Crippen MR) is 92.8 cm³/mol. The van der Waals surface area contributed by atoms with E-state index in [9.17, 15) is 13.2 Å². The second kappa shape index (κ2) is 8.60. The lowest BCUT2D eigenvalue weighted by atomic mass is 10.1. The summed E-state index contributed by atoms with van der Waals surface area (Å²) in [5.41, 5.74) is 0.167. The van der Waals surface area contributed by atoms with Crippen LogP contribution in [0.25, 0.3) is 0 Å². The molecule has 0 aliphatic carbocycles. The molecule has 136 valence electrons. The second-order valence-corrected chi connectivity index (χ2v) is 8.78. The molecule has 0 aliphatic rings. The van der Waals surface area contributed by atoms with Crippen molar-refractivity contribution in [2.24, 2.45) is 0 Å². The Hall–Kier alpha value is -1.44. The first-order valence-electron chi connectivity index (χ1n) is 7.78. The summed E-state index contributed by atoms with van der Waals surface area (Å²) in [5.74, 6) is -0.158. The molecule has 1 atom stereocenters. The van der Waals surface area contributed by atoms with Gasteiger partial charge in [0, 0.05) is 20.8 Å². The number of sulfone groups is 1. The lowest BCUT2D eigenvalue weighted by molar-refractivity contribution is -0.122. The van der Waals surface area contributed by atoms with E-state index in [0.717, 1.165) is 5.56 Å². The summed E-state index contributed by atoms with van der Waals surface area (Å²) in [6.45, 7) is 5.83. The molecule has 24 heavy (non-hydrogen) atoms. The number of ether oxygens (including phenoxy) is 2. The summed E-state index contributed by atoms with van der Waals surface area (Å²) >= 11 is 0. The van der Waals surface area contributed by atoms with Crippen LogP contribution in [0, 0.1) is 0 Å². The van der Waals surface area contributed by atoms with E-state index in [1.165, 1.54) is 0 Å². The Bertz CT molecular complexity index is 639. The minimum absolute atomic E-state index is 0.158. The molecule has 0 spiro atoms. The van der Waals surface area contributed by atoms with Crippen molar-refractivity contribution in [1.82, 2.24) is 5.32 Å². The van der Waals surface area contributed by atoms with Crippen LogP contribution in [-0.2, 0) is 30.5 Å². The van der Waals surface area contributed by atoms with Gasteiger partial charge in [-0.2, -0.15) is 0 Å². The van der Waals surface area contributed by atoms with Gasteiger partial charge in [0.1, 0.15) is 5.60 Å². The van der Waals surface area contributed by atoms with Gasteiger partial charge in [-0.25, -0.2) is 8.42 Å². The molecule has 0 heterocycles. The minimum Gasteiger partial charge on any atom is -0.382 e. The molecule has 1 aromatic carbocycles. The van der Waals surface area contributed by atoms with Gasteiger partial charge in [-0.1, -0.05) is 12.1 Å². The molecule has 0 radical (unpaired) electrons. The van der Waals surface area contributed by atoms with Crippen LogP contribution in [0.4, 0.5) is 0 Å². The van der Waals surface area contributed by atoms with E-state index in [0.29, 0.717) is 13.2 Å². The monoisotopic (exact) mass is 357 g/mol. The second-order valence-electron chi connectivity index (χ2n) is 6.28. The van der Waals surface area contributed by atoms with Gasteiger partial charge in [0.15, 0.2) is 9.84 Å². The molecule has 1 rings (SSSR count). The quantitative estimate of drug-likeness (QED) is 0.726. The third-order valence-electron chi connectivity index (χ3n) is 3.84. The highest BCUT2D eigenvalue weighted by atomic mass is 32.2. The largest absolute Gasteiger partial charge is 0.382 e. The Morgan fingerprint density at radius 2 is 1.79 bits per heavy atom. The Morgan fingerprint density at radius 1 is 1.21 bits per heavy atom. The topological polar surface area (TPSA) is 81.7 Å². The molecule has 7 heteroatoms. The Balaban J connectivity index is 2.66. The first-order chi connectivity index (χ1) is 11.1. The molecule has 1 aromatic rings. The number of rotatable bonds is 9. The maximum absolute atomic E-state index is 12.1. The highest BCUT2D eigenvalue weighted by Crippen LogP contribution is 2.16. The number of amides is 1. The molecule has 0 aromatic heterocycles. The van der Waals surface area contributed by atoms with Crippen molar-refractivity contribution < 1.29 is 22.7 Å².